The van der Waals surface area contributed by atoms with E-state index in [2.05, 4.69) is 60.7 Å². The summed E-state index contributed by atoms with van der Waals surface area (Å²) in [7, 11) is 0. The molecule has 0 unspecified atom stereocenters. The van der Waals surface area contributed by atoms with Gasteiger partial charge in [0.1, 0.15) is 0 Å². The van der Waals surface area contributed by atoms with E-state index < -0.39 is 0 Å². The van der Waals surface area contributed by atoms with Crippen molar-refractivity contribution in [1.29, 1.82) is 0 Å². The van der Waals surface area contributed by atoms with E-state index >= 15 is 0 Å². The molecule has 0 nitrogen and oxygen atoms in total. The van der Waals surface area contributed by atoms with Gasteiger partial charge in [0.15, 0.2) is 0 Å². The Kier molecular flexibility index (Phi) is 3.51. The van der Waals surface area contributed by atoms with Crippen LogP contribution < -0.4 is 8.47 Å². The normalized spacial score (nSPS) is 9.67. The van der Waals surface area contributed by atoms with E-state index in [0.29, 0.717) is 0 Å². The first-order valence-electron chi connectivity index (χ1n) is 4.05. The minimum atomic E-state index is 1.16. The van der Waals surface area contributed by atoms with E-state index in [-0.39, 0.29) is 0 Å². The summed E-state index contributed by atoms with van der Waals surface area (Å²) < 4.78 is 2.60. The Hall–Kier alpha value is -0.105. The summed E-state index contributed by atoms with van der Waals surface area (Å²) in [4.78, 5) is 0. The molecule has 12 heavy (non-hydrogen) atoms. The Morgan fingerprint density at radius 2 is 1.75 bits per heavy atom. The number of rotatable bonds is 2. The van der Waals surface area contributed by atoms with Crippen LogP contribution in [0.4, 0.5) is 0 Å². The molecular formula is C10H8Li2. The molecule has 0 bridgehead atoms. The first kappa shape index (κ1) is 9.98. The van der Waals surface area contributed by atoms with Crippen molar-refractivity contribution in [2.75, 3.05) is 0 Å². The van der Waals surface area contributed by atoms with Gasteiger partial charge in [-0.15, -0.1) is 0 Å². The van der Waals surface area contributed by atoms with Crippen LogP contribution in [0.1, 0.15) is 11.1 Å². The van der Waals surface area contributed by atoms with Crippen LogP contribution in [-0.2, 0) is 0 Å². The molecule has 0 atom stereocenters. The summed E-state index contributed by atoms with van der Waals surface area (Å²) in [5, 5.41) is 0. The van der Waals surface area contributed by atoms with Gasteiger partial charge in [0.2, 0.25) is 0 Å². The van der Waals surface area contributed by atoms with Crippen molar-refractivity contribution < 1.29 is 0 Å². The average molecular weight is 142 g/mol. The van der Waals surface area contributed by atoms with Crippen LogP contribution in [0.3, 0.4) is 0 Å². The van der Waals surface area contributed by atoms with Gasteiger partial charge in [-0.25, -0.2) is 0 Å². The summed E-state index contributed by atoms with van der Waals surface area (Å²) in [6.45, 7) is 7.56. The van der Waals surface area contributed by atoms with Crippen molar-refractivity contribution in [3.63, 3.8) is 0 Å². The molecule has 0 amide bonds. The van der Waals surface area contributed by atoms with Crippen LogP contribution >= 0.6 is 0 Å². The topological polar surface area (TPSA) is 0 Å². The average Bonchev–Trinajstić information content (AvgIpc) is 2.09. The Labute approximate surface area is 92.2 Å². The molecule has 0 aliphatic carbocycles. The monoisotopic (exact) mass is 142 g/mol. The van der Waals surface area contributed by atoms with Gasteiger partial charge < -0.3 is 0 Å². The van der Waals surface area contributed by atoms with Gasteiger partial charge in [-0.1, -0.05) is 0 Å². The van der Waals surface area contributed by atoms with Gasteiger partial charge in [-0.2, -0.15) is 0 Å². The van der Waals surface area contributed by atoms with Crippen LogP contribution in [0.15, 0.2) is 25.3 Å². The van der Waals surface area contributed by atoms with Crippen molar-refractivity contribution in [2.24, 2.45) is 0 Å². The van der Waals surface area contributed by atoms with Crippen molar-refractivity contribution >= 4 is 56.1 Å². The second-order valence-electron chi connectivity index (χ2n) is 2.92. The van der Waals surface area contributed by atoms with Crippen LogP contribution in [0.5, 0.6) is 0 Å². The molecule has 0 saturated carbocycles. The number of hydrogen-bond acceptors (Lipinski definition) is 0. The first-order valence-corrected chi connectivity index (χ1v) is 4.05. The summed E-state index contributed by atoms with van der Waals surface area (Å²) in [5.74, 6) is 0. The summed E-state index contributed by atoms with van der Waals surface area (Å²) in [6, 6.07) is 4.19. The molecule has 1 aromatic carbocycles. The van der Waals surface area contributed by atoms with Crippen molar-refractivity contribution in [2.45, 2.75) is 0 Å². The fraction of sp³-hybridized carbons (Fsp3) is 0. The summed E-state index contributed by atoms with van der Waals surface area (Å²) in [6.07, 6.45) is 3.75. The minimum absolute atomic E-state index is 1.16. The Bertz CT molecular complexity index is 327. The van der Waals surface area contributed by atoms with Gasteiger partial charge >= 0.3 is 92.5 Å². The zero-order valence-corrected chi connectivity index (χ0v) is 7.72. The second kappa shape index (κ2) is 4.22. The second-order valence-corrected chi connectivity index (χ2v) is 2.92. The molecule has 0 spiro atoms. The van der Waals surface area contributed by atoms with Crippen LogP contribution in [0.25, 0.3) is 12.2 Å². The molecule has 0 aliphatic heterocycles. The van der Waals surface area contributed by atoms with E-state index in [1.54, 1.807) is 0 Å². The van der Waals surface area contributed by atoms with Gasteiger partial charge in [-0.3, -0.25) is 0 Å². The fourth-order valence-electron chi connectivity index (χ4n) is 1.31. The molecule has 1 aromatic rings. The van der Waals surface area contributed by atoms with Gasteiger partial charge in [0, 0.05) is 0 Å². The molecule has 0 fully saturated rings. The third kappa shape index (κ3) is 1.79. The quantitative estimate of drug-likeness (QED) is 0.529. The van der Waals surface area contributed by atoms with Gasteiger partial charge in [0.25, 0.3) is 0 Å². The van der Waals surface area contributed by atoms with E-state index in [1.807, 2.05) is 12.2 Å². The standard InChI is InChI=1S/C10H8.2Li/c1-3-9-7-5-6-8-10(9)4-2;;/h3-5,7H,1-2H2;;. The Morgan fingerprint density at radius 1 is 1.08 bits per heavy atom. The SMILES string of the molecule is [Li][c]1ccc(C=C)c(C=C)[c]1[Li]. The summed E-state index contributed by atoms with van der Waals surface area (Å²) in [5.41, 5.74) is 2.36. The molecule has 0 aromatic heterocycles. The molecule has 2 heteroatoms. The number of hydrogen-bond donors (Lipinski definition) is 0. The zero-order valence-electron chi connectivity index (χ0n) is 7.72. The van der Waals surface area contributed by atoms with Crippen LogP contribution in [0.2, 0.25) is 0 Å². The first-order chi connectivity index (χ1) is 5.70. The van der Waals surface area contributed by atoms with Crippen LogP contribution in [0, 0.1) is 0 Å². The molecule has 50 valence electrons. The molecule has 0 aliphatic rings. The molecule has 0 N–H and O–H groups in total. The predicted molar refractivity (Wildman–Crippen MR) is 57.4 cm³/mol. The molecule has 1 rings (SSSR count). The summed E-state index contributed by atoms with van der Waals surface area (Å²) >= 11 is 4.22. The van der Waals surface area contributed by atoms with Crippen LogP contribution in [-0.4, -0.2) is 35.4 Å². The predicted octanol–water partition coefficient (Wildman–Crippen LogP) is 0.560. The van der Waals surface area contributed by atoms with E-state index in [9.17, 15) is 0 Å². The van der Waals surface area contributed by atoms with Gasteiger partial charge in [-0.05, 0) is 0 Å². The van der Waals surface area contributed by atoms with Gasteiger partial charge in [0.05, 0.1) is 0 Å². The van der Waals surface area contributed by atoms with Crippen molar-refractivity contribution in [1.82, 2.24) is 0 Å². The maximum absolute atomic E-state index is 3.79. The molecule has 0 saturated heterocycles. The molecule has 0 radical (unpaired) electrons. The van der Waals surface area contributed by atoms with E-state index in [1.165, 1.54) is 14.0 Å². The van der Waals surface area contributed by atoms with E-state index in [0.717, 1.165) is 5.56 Å². The zero-order chi connectivity index (χ0) is 9.14. The van der Waals surface area contributed by atoms with E-state index in [4.69, 9.17) is 0 Å². The Balaban J connectivity index is 3.45. The third-order valence-corrected chi connectivity index (χ3v) is 2.24. The Morgan fingerprint density at radius 3 is 2.25 bits per heavy atom. The number of benzene rings is 1. The van der Waals surface area contributed by atoms with Crippen molar-refractivity contribution in [3.8, 4) is 0 Å². The fourth-order valence-corrected chi connectivity index (χ4v) is 1.31. The maximum atomic E-state index is 3.79. The van der Waals surface area contributed by atoms with Crippen molar-refractivity contribution in [3.05, 3.63) is 36.4 Å². The third-order valence-electron chi connectivity index (χ3n) is 2.24. The molecular weight excluding hydrogens is 134 g/mol. The molecule has 0 heterocycles.